The fourth-order valence-corrected chi connectivity index (χ4v) is 3.23. The second kappa shape index (κ2) is 5.50. The molecule has 0 amide bonds. The fraction of sp³-hybridized carbons (Fsp3) is 0. The Labute approximate surface area is 125 Å². The van der Waals surface area contributed by atoms with Crippen molar-refractivity contribution in [2.75, 3.05) is 0 Å². The summed E-state index contributed by atoms with van der Waals surface area (Å²) in [5, 5.41) is 11.2. The molecule has 0 saturated carbocycles. The lowest BCUT2D eigenvalue weighted by Crippen LogP contribution is -1.98. The van der Waals surface area contributed by atoms with Crippen LogP contribution >= 0.6 is 11.3 Å². The van der Waals surface area contributed by atoms with E-state index in [0.29, 0.717) is 5.56 Å². The highest BCUT2D eigenvalue weighted by atomic mass is 32.1. The van der Waals surface area contributed by atoms with Crippen LogP contribution in [0, 0.1) is 5.82 Å². The Kier molecular flexibility index (Phi) is 3.54. The lowest BCUT2D eigenvalue weighted by Gasteiger charge is -2.07. The lowest BCUT2D eigenvalue weighted by molar-refractivity contribution is 0.0698. The van der Waals surface area contributed by atoms with E-state index in [0.717, 1.165) is 16.0 Å². The molecule has 0 atom stereocenters. The van der Waals surface area contributed by atoms with Gasteiger partial charge in [-0.3, -0.25) is 0 Å². The van der Waals surface area contributed by atoms with Crippen molar-refractivity contribution in [3.8, 4) is 21.6 Å². The van der Waals surface area contributed by atoms with Crippen LogP contribution in [0.3, 0.4) is 0 Å². The fourth-order valence-electron chi connectivity index (χ4n) is 2.27. The first-order chi connectivity index (χ1) is 10.2. The number of hydrogen-bond acceptors (Lipinski definition) is 2. The van der Waals surface area contributed by atoms with Crippen molar-refractivity contribution in [2.24, 2.45) is 0 Å². The van der Waals surface area contributed by atoms with Gasteiger partial charge in [0.1, 0.15) is 5.82 Å². The maximum absolute atomic E-state index is 13.4. The predicted molar refractivity (Wildman–Crippen MR) is 82.1 cm³/mol. The van der Waals surface area contributed by atoms with E-state index >= 15 is 0 Å². The van der Waals surface area contributed by atoms with E-state index in [1.54, 1.807) is 30.3 Å². The van der Waals surface area contributed by atoms with Gasteiger partial charge in [-0.15, -0.1) is 11.3 Å². The van der Waals surface area contributed by atoms with Gasteiger partial charge in [0.25, 0.3) is 0 Å². The number of aromatic carboxylic acids is 1. The molecule has 0 radical (unpaired) electrons. The molecule has 3 rings (SSSR count). The van der Waals surface area contributed by atoms with Crippen molar-refractivity contribution in [2.45, 2.75) is 0 Å². The molecule has 0 unspecified atom stereocenters. The summed E-state index contributed by atoms with van der Waals surface area (Å²) in [6.45, 7) is 0. The van der Waals surface area contributed by atoms with E-state index in [4.69, 9.17) is 0 Å². The standard InChI is InChI=1S/C17H11FO2S/c18-12-5-3-4-11(10-12)13-8-9-21-16(13)14-6-1-2-7-15(14)17(19)20/h1-10H,(H,19,20). The summed E-state index contributed by atoms with van der Waals surface area (Å²) >= 11 is 1.45. The number of benzene rings is 2. The van der Waals surface area contributed by atoms with Crippen LogP contribution < -0.4 is 0 Å². The average molecular weight is 298 g/mol. The maximum atomic E-state index is 13.4. The van der Waals surface area contributed by atoms with Crippen LogP contribution in [0.25, 0.3) is 21.6 Å². The summed E-state index contributed by atoms with van der Waals surface area (Å²) in [6, 6.07) is 15.0. The van der Waals surface area contributed by atoms with Gasteiger partial charge in [0.15, 0.2) is 0 Å². The van der Waals surface area contributed by atoms with E-state index in [1.807, 2.05) is 17.5 Å². The molecule has 0 aliphatic carbocycles. The van der Waals surface area contributed by atoms with Gasteiger partial charge in [0.05, 0.1) is 5.56 Å². The van der Waals surface area contributed by atoms with Gasteiger partial charge in [-0.25, -0.2) is 9.18 Å². The van der Waals surface area contributed by atoms with Crippen LogP contribution in [0.4, 0.5) is 4.39 Å². The third-order valence-corrected chi connectivity index (χ3v) is 4.15. The molecule has 0 fully saturated rings. The third-order valence-electron chi connectivity index (χ3n) is 3.20. The number of carboxylic acids is 1. The van der Waals surface area contributed by atoms with Crippen LogP contribution in [0.15, 0.2) is 60.0 Å². The Morgan fingerprint density at radius 1 is 1.00 bits per heavy atom. The minimum atomic E-state index is -0.968. The maximum Gasteiger partial charge on any atom is 0.336 e. The zero-order valence-electron chi connectivity index (χ0n) is 10.9. The normalized spacial score (nSPS) is 10.5. The Morgan fingerprint density at radius 2 is 1.81 bits per heavy atom. The van der Waals surface area contributed by atoms with Crippen molar-refractivity contribution in [1.82, 2.24) is 0 Å². The molecule has 2 nitrogen and oxygen atoms in total. The van der Waals surface area contributed by atoms with E-state index in [1.165, 1.54) is 23.5 Å². The van der Waals surface area contributed by atoms with Crippen LogP contribution in [-0.4, -0.2) is 11.1 Å². The number of halogens is 1. The van der Waals surface area contributed by atoms with Crippen molar-refractivity contribution < 1.29 is 14.3 Å². The molecule has 2 aromatic carbocycles. The summed E-state index contributed by atoms with van der Waals surface area (Å²) in [6.07, 6.45) is 0. The number of hydrogen-bond donors (Lipinski definition) is 1. The predicted octanol–water partition coefficient (Wildman–Crippen LogP) is 4.92. The molecular weight excluding hydrogens is 287 g/mol. The zero-order valence-corrected chi connectivity index (χ0v) is 11.7. The zero-order chi connectivity index (χ0) is 14.8. The quantitative estimate of drug-likeness (QED) is 0.745. The number of rotatable bonds is 3. The number of thiophene rings is 1. The Bertz CT molecular complexity index is 808. The summed E-state index contributed by atoms with van der Waals surface area (Å²) in [5.74, 6) is -1.28. The Morgan fingerprint density at radius 3 is 2.57 bits per heavy atom. The molecule has 104 valence electrons. The van der Waals surface area contributed by atoms with Crippen molar-refractivity contribution in [3.05, 3.63) is 71.4 Å². The SMILES string of the molecule is O=C(O)c1ccccc1-c1sccc1-c1cccc(F)c1. The summed E-state index contributed by atoms with van der Waals surface area (Å²) < 4.78 is 13.4. The molecule has 1 N–H and O–H groups in total. The summed E-state index contributed by atoms with van der Waals surface area (Å²) in [7, 11) is 0. The smallest absolute Gasteiger partial charge is 0.336 e. The Hall–Kier alpha value is -2.46. The molecular formula is C17H11FO2S. The highest BCUT2D eigenvalue weighted by Gasteiger charge is 2.16. The first-order valence-electron chi connectivity index (χ1n) is 6.33. The van der Waals surface area contributed by atoms with E-state index in [9.17, 15) is 14.3 Å². The highest BCUT2D eigenvalue weighted by molar-refractivity contribution is 7.14. The van der Waals surface area contributed by atoms with Crippen molar-refractivity contribution in [1.29, 1.82) is 0 Å². The molecule has 0 bridgehead atoms. The minimum absolute atomic E-state index is 0.248. The van der Waals surface area contributed by atoms with Gasteiger partial charge >= 0.3 is 5.97 Å². The monoisotopic (exact) mass is 298 g/mol. The summed E-state index contributed by atoms with van der Waals surface area (Å²) in [4.78, 5) is 12.2. The van der Waals surface area contributed by atoms with Crippen molar-refractivity contribution in [3.63, 3.8) is 0 Å². The lowest BCUT2D eigenvalue weighted by atomic mass is 9.99. The van der Waals surface area contributed by atoms with Crippen LogP contribution in [0.2, 0.25) is 0 Å². The topological polar surface area (TPSA) is 37.3 Å². The first kappa shape index (κ1) is 13.5. The van der Waals surface area contributed by atoms with Crippen molar-refractivity contribution >= 4 is 17.3 Å². The Balaban J connectivity index is 2.19. The number of carboxylic acid groups (broad SMARTS) is 1. The molecule has 21 heavy (non-hydrogen) atoms. The number of carbonyl (C=O) groups is 1. The first-order valence-corrected chi connectivity index (χ1v) is 7.21. The molecule has 0 aliphatic rings. The second-order valence-electron chi connectivity index (χ2n) is 4.52. The molecule has 0 spiro atoms. The van der Waals surface area contributed by atoms with Crippen LogP contribution in [0.1, 0.15) is 10.4 Å². The molecule has 4 heteroatoms. The van der Waals surface area contributed by atoms with Gasteiger partial charge in [0.2, 0.25) is 0 Å². The molecule has 1 heterocycles. The molecule has 3 aromatic rings. The van der Waals surface area contributed by atoms with Crippen LogP contribution in [0.5, 0.6) is 0 Å². The minimum Gasteiger partial charge on any atom is -0.478 e. The van der Waals surface area contributed by atoms with Crippen LogP contribution in [-0.2, 0) is 0 Å². The van der Waals surface area contributed by atoms with Gasteiger partial charge < -0.3 is 5.11 Å². The van der Waals surface area contributed by atoms with E-state index in [-0.39, 0.29) is 11.4 Å². The van der Waals surface area contributed by atoms with Gasteiger partial charge in [-0.1, -0.05) is 30.3 Å². The highest BCUT2D eigenvalue weighted by Crippen LogP contribution is 2.38. The van der Waals surface area contributed by atoms with Gasteiger partial charge in [0, 0.05) is 16.0 Å². The molecule has 0 saturated heterocycles. The van der Waals surface area contributed by atoms with E-state index in [2.05, 4.69) is 0 Å². The molecule has 0 aliphatic heterocycles. The second-order valence-corrected chi connectivity index (χ2v) is 5.44. The van der Waals surface area contributed by atoms with E-state index < -0.39 is 5.97 Å². The largest absolute Gasteiger partial charge is 0.478 e. The average Bonchev–Trinajstić information content (AvgIpc) is 2.96. The van der Waals surface area contributed by atoms with Gasteiger partial charge in [-0.2, -0.15) is 0 Å². The molecule has 1 aromatic heterocycles. The summed E-state index contributed by atoms with van der Waals surface area (Å²) in [5.41, 5.74) is 2.48. The van der Waals surface area contributed by atoms with Gasteiger partial charge in [-0.05, 0) is 35.2 Å². The third kappa shape index (κ3) is 2.58.